The summed E-state index contributed by atoms with van der Waals surface area (Å²) in [7, 11) is 0. The molecule has 2 N–H and O–H groups in total. The van der Waals surface area contributed by atoms with Crippen molar-refractivity contribution in [3.63, 3.8) is 0 Å². The molecule has 2 aliphatic rings. The minimum absolute atomic E-state index is 0.877. The van der Waals surface area contributed by atoms with Crippen molar-refractivity contribution in [1.29, 1.82) is 0 Å². The Morgan fingerprint density at radius 2 is 0.967 bits per heavy atom. The molecule has 0 atom stereocenters. The van der Waals surface area contributed by atoms with E-state index >= 15 is 0 Å². The number of hydrogen-bond donors (Lipinski definition) is 2. The van der Waals surface area contributed by atoms with E-state index in [2.05, 4.69) is 30.1 Å². The molecule has 2 aliphatic heterocycles. The fraction of sp³-hybridized carbons (Fsp3) is 0.455. The van der Waals surface area contributed by atoms with Gasteiger partial charge in [0.25, 0.3) is 0 Å². The van der Waals surface area contributed by atoms with Crippen LogP contribution in [0.25, 0.3) is 0 Å². The first-order valence-corrected chi connectivity index (χ1v) is 10.4. The Bertz CT molecular complexity index is 723. The van der Waals surface area contributed by atoms with Crippen LogP contribution in [0.5, 0.6) is 0 Å². The lowest BCUT2D eigenvalue weighted by atomic mass is 10.1. The third kappa shape index (κ3) is 7.20. The SMILES string of the molecule is ON=C1CCN(Cc2ccncc2)CC1.ON=C1CCN(Cc2ccncc2)CC1. The largest absolute Gasteiger partial charge is 0.411 e. The number of pyridine rings is 2. The maximum atomic E-state index is 8.63. The smallest absolute Gasteiger partial charge is 0.0596 e. The second kappa shape index (κ2) is 12.0. The van der Waals surface area contributed by atoms with Crippen LogP contribution in [0, 0.1) is 0 Å². The Morgan fingerprint density at radius 3 is 1.27 bits per heavy atom. The third-order valence-electron chi connectivity index (χ3n) is 5.46. The van der Waals surface area contributed by atoms with Crippen LogP contribution < -0.4 is 0 Å². The van der Waals surface area contributed by atoms with Gasteiger partial charge in [-0.3, -0.25) is 19.8 Å². The van der Waals surface area contributed by atoms with Gasteiger partial charge in [0.1, 0.15) is 0 Å². The van der Waals surface area contributed by atoms with Gasteiger partial charge in [-0.1, -0.05) is 10.3 Å². The summed E-state index contributed by atoms with van der Waals surface area (Å²) in [6, 6.07) is 8.15. The molecule has 160 valence electrons. The summed E-state index contributed by atoms with van der Waals surface area (Å²) in [5, 5.41) is 23.8. The second-order valence-electron chi connectivity index (χ2n) is 7.60. The topological polar surface area (TPSA) is 97.4 Å². The number of oxime groups is 2. The minimum Gasteiger partial charge on any atom is -0.411 e. The van der Waals surface area contributed by atoms with Crippen LogP contribution in [0.15, 0.2) is 59.4 Å². The van der Waals surface area contributed by atoms with E-state index in [0.29, 0.717) is 0 Å². The van der Waals surface area contributed by atoms with E-state index in [1.54, 1.807) is 0 Å². The third-order valence-corrected chi connectivity index (χ3v) is 5.46. The molecule has 0 aliphatic carbocycles. The van der Waals surface area contributed by atoms with Gasteiger partial charge >= 0.3 is 0 Å². The van der Waals surface area contributed by atoms with E-state index in [1.807, 2.05) is 49.1 Å². The molecule has 0 amide bonds. The lowest BCUT2D eigenvalue weighted by Crippen LogP contribution is -2.33. The molecule has 8 heteroatoms. The van der Waals surface area contributed by atoms with E-state index in [1.165, 1.54) is 11.1 Å². The lowest BCUT2D eigenvalue weighted by molar-refractivity contribution is 0.256. The van der Waals surface area contributed by atoms with E-state index in [4.69, 9.17) is 10.4 Å². The number of aromatic nitrogens is 2. The summed E-state index contributed by atoms with van der Waals surface area (Å²) in [5.41, 5.74) is 4.41. The molecule has 30 heavy (non-hydrogen) atoms. The van der Waals surface area contributed by atoms with Crippen LogP contribution in [-0.2, 0) is 13.1 Å². The Morgan fingerprint density at radius 1 is 0.633 bits per heavy atom. The van der Waals surface area contributed by atoms with Gasteiger partial charge < -0.3 is 10.4 Å². The normalized spacial score (nSPS) is 17.7. The zero-order valence-corrected chi connectivity index (χ0v) is 17.3. The number of likely N-dealkylation sites (tertiary alicyclic amines) is 2. The quantitative estimate of drug-likeness (QED) is 0.594. The van der Waals surface area contributed by atoms with Crippen molar-refractivity contribution in [2.75, 3.05) is 26.2 Å². The van der Waals surface area contributed by atoms with Crippen LogP contribution in [0.3, 0.4) is 0 Å². The molecule has 2 aromatic heterocycles. The van der Waals surface area contributed by atoms with E-state index in [9.17, 15) is 0 Å². The van der Waals surface area contributed by atoms with Gasteiger partial charge in [0.15, 0.2) is 0 Å². The van der Waals surface area contributed by atoms with Gasteiger partial charge in [-0.15, -0.1) is 0 Å². The molecule has 2 saturated heterocycles. The number of nitrogens with zero attached hydrogens (tertiary/aromatic N) is 6. The molecule has 0 aromatic carbocycles. The van der Waals surface area contributed by atoms with Crippen LogP contribution in [-0.4, -0.2) is 67.8 Å². The molecule has 0 unspecified atom stereocenters. The van der Waals surface area contributed by atoms with Crippen molar-refractivity contribution in [3.05, 3.63) is 60.2 Å². The van der Waals surface area contributed by atoms with E-state index in [-0.39, 0.29) is 0 Å². The molecule has 8 nitrogen and oxygen atoms in total. The molecule has 0 saturated carbocycles. The average molecular weight is 411 g/mol. The molecule has 2 fully saturated rings. The summed E-state index contributed by atoms with van der Waals surface area (Å²) < 4.78 is 0. The molecule has 0 radical (unpaired) electrons. The molecule has 4 rings (SSSR count). The molecular weight excluding hydrogens is 380 g/mol. The fourth-order valence-electron chi connectivity index (χ4n) is 3.63. The highest BCUT2D eigenvalue weighted by Gasteiger charge is 2.16. The van der Waals surface area contributed by atoms with Gasteiger partial charge in [-0.05, 0) is 35.4 Å². The predicted octanol–water partition coefficient (Wildman–Crippen LogP) is 3.02. The summed E-state index contributed by atoms with van der Waals surface area (Å²) in [5.74, 6) is 0. The Labute approximate surface area is 177 Å². The van der Waals surface area contributed by atoms with Gasteiger partial charge in [-0.25, -0.2) is 0 Å². The van der Waals surface area contributed by atoms with Crippen molar-refractivity contribution >= 4 is 11.4 Å². The number of rotatable bonds is 4. The van der Waals surface area contributed by atoms with Crippen molar-refractivity contribution in [3.8, 4) is 0 Å². The van der Waals surface area contributed by atoms with E-state index < -0.39 is 0 Å². The molecule has 4 heterocycles. The average Bonchev–Trinajstić information content (AvgIpc) is 2.82. The highest BCUT2D eigenvalue weighted by atomic mass is 16.4. The van der Waals surface area contributed by atoms with Gasteiger partial charge in [0, 0.05) is 89.7 Å². The first-order chi connectivity index (χ1) is 14.8. The molecular formula is C22H30N6O2. The minimum atomic E-state index is 0.877. The zero-order valence-electron chi connectivity index (χ0n) is 17.3. The lowest BCUT2D eigenvalue weighted by Gasteiger charge is -2.26. The highest BCUT2D eigenvalue weighted by molar-refractivity contribution is 5.85. The standard InChI is InChI=1S/2C11H15N3O/c2*15-13-11-3-7-14(8-4-11)9-10-1-5-12-6-2-10/h2*1-2,5-6,15H,3-4,7-9H2. The number of hydrogen-bond acceptors (Lipinski definition) is 8. The fourth-order valence-corrected chi connectivity index (χ4v) is 3.63. The van der Waals surface area contributed by atoms with Crippen molar-refractivity contribution < 1.29 is 10.4 Å². The Hall–Kier alpha value is -2.84. The summed E-state index contributed by atoms with van der Waals surface area (Å²) in [6.45, 7) is 5.81. The summed E-state index contributed by atoms with van der Waals surface area (Å²) in [6.07, 6.45) is 10.8. The monoisotopic (exact) mass is 410 g/mol. The van der Waals surface area contributed by atoms with Gasteiger partial charge in [-0.2, -0.15) is 0 Å². The Kier molecular flexibility index (Phi) is 8.74. The second-order valence-corrected chi connectivity index (χ2v) is 7.60. The maximum absolute atomic E-state index is 8.63. The Balaban J connectivity index is 0.000000171. The summed E-state index contributed by atoms with van der Waals surface area (Å²) in [4.78, 5) is 12.7. The van der Waals surface area contributed by atoms with Crippen molar-refractivity contribution in [2.45, 2.75) is 38.8 Å². The van der Waals surface area contributed by atoms with Crippen LogP contribution in [0.2, 0.25) is 0 Å². The maximum Gasteiger partial charge on any atom is 0.0596 e. The van der Waals surface area contributed by atoms with Crippen LogP contribution >= 0.6 is 0 Å². The highest BCUT2D eigenvalue weighted by Crippen LogP contribution is 2.12. The first-order valence-electron chi connectivity index (χ1n) is 10.4. The van der Waals surface area contributed by atoms with Crippen molar-refractivity contribution in [2.24, 2.45) is 10.3 Å². The predicted molar refractivity (Wildman–Crippen MR) is 116 cm³/mol. The molecule has 2 aromatic rings. The van der Waals surface area contributed by atoms with Gasteiger partial charge in [0.2, 0.25) is 0 Å². The van der Waals surface area contributed by atoms with Crippen molar-refractivity contribution in [1.82, 2.24) is 19.8 Å². The number of piperidine rings is 2. The van der Waals surface area contributed by atoms with E-state index in [0.717, 1.165) is 76.4 Å². The molecule has 0 spiro atoms. The first kappa shape index (κ1) is 21.9. The van der Waals surface area contributed by atoms with Gasteiger partial charge in [0.05, 0.1) is 11.4 Å². The summed E-state index contributed by atoms with van der Waals surface area (Å²) >= 11 is 0. The zero-order chi connectivity index (χ0) is 21.0. The molecule has 0 bridgehead atoms. The van der Waals surface area contributed by atoms with Crippen LogP contribution in [0.1, 0.15) is 36.8 Å². The van der Waals surface area contributed by atoms with Crippen LogP contribution in [0.4, 0.5) is 0 Å².